The molecule has 5 nitrogen and oxygen atoms in total. The zero-order valence-electron chi connectivity index (χ0n) is 13.1. The standard InChI is InChI=1S/C16H23N3O2.2ClH/c17-16(7-10-21-11-8-16)15(20)18-13-6-9-19(12-13)14-4-2-1-3-5-14;;/h1-5,13H,6-12,17H2,(H,18,20);2*1H. The fourth-order valence-electron chi connectivity index (χ4n) is 3.04. The van der Waals surface area contributed by atoms with Gasteiger partial charge in [0.15, 0.2) is 0 Å². The molecule has 130 valence electrons. The highest BCUT2D eigenvalue weighted by molar-refractivity contribution is 5.86. The Kier molecular flexibility index (Phi) is 7.61. The molecule has 0 bridgehead atoms. The zero-order valence-corrected chi connectivity index (χ0v) is 14.7. The van der Waals surface area contributed by atoms with Crippen molar-refractivity contribution >= 4 is 36.4 Å². The van der Waals surface area contributed by atoms with Crippen molar-refractivity contribution in [2.24, 2.45) is 5.73 Å². The monoisotopic (exact) mass is 361 g/mol. The van der Waals surface area contributed by atoms with E-state index < -0.39 is 5.54 Å². The van der Waals surface area contributed by atoms with Crippen LogP contribution in [0.25, 0.3) is 0 Å². The molecule has 7 heteroatoms. The molecule has 1 amide bonds. The predicted molar refractivity (Wildman–Crippen MR) is 96.7 cm³/mol. The van der Waals surface area contributed by atoms with Crippen LogP contribution in [0.5, 0.6) is 0 Å². The summed E-state index contributed by atoms with van der Waals surface area (Å²) in [5.74, 6) is -0.0225. The summed E-state index contributed by atoms with van der Waals surface area (Å²) in [6.07, 6.45) is 2.18. The number of para-hydroxylation sites is 1. The topological polar surface area (TPSA) is 67.6 Å². The van der Waals surface area contributed by atoms with Gasteiger partial charge in [-0.15, -0.1) is 24.8 Å². The first-order chi connectivity index (χ1) is 10.2. The van der Waals surface area contributed by atoms with Crippen molar-refractivity contribution in [1.82, 2.24) is 5.32 Å². The number of halogens is 2. The molecule has 2 fully saturated rings. The van der Waals surface area contributed by atoms with E-state index in [0.717, 1.165) is 19.5 Å². The van der Waals surface area contributed by atoms with Gasteiger partial charge in [0.25, 0.3) is 0 Å². The van der Waals surface area contributed by atoms with E-state index in [9.17, 15) is 4.79 Å². The third-order valence-corrected chi connectivity index (χ3v) is 4.48. The Hall–Kier alpha value is -1.01. The third-order valence-electron chi connectivity index (χ3n) is 4.48. The predicted octanol–water partition coefficient (Wildman–Crippen LogP) is 1.73. The largest absolute Gasteiger partial charge is 0.381 e. The molecule has 2 aliphatic heterocycles. The van der Waals surface area contributed by atoms with Crippen LogP contribution in [0, 0.1) is 0 Å². The summed E-state index contributed by atoms with van der Waals surface area (Å²) in [5.41, 5.74) is 6.68. The molecule has 1 aromatic carbocycles. The Morgan fingerprint density at radius 1 is 1.22 bits per heavy atom. The molecule has 2 heterocycles. The van der Waals surface area contributed by atoms with E-state index >= 15 is 0 Å². The highest BCUT2D eigenvalue weighted by atomic mass is 35.5. The summed E-state index contributed by atoms with van der Waals surface area (Å²) in [7, 11) is 0. The van der Waals surface area contributed by atoms with Crippen molar-refractivity contribution in [3.8, 4) is 0 Å². The molecule has 0 aromatic heterocycles. The SMILES string of the molecule is Cl.Cl.NC1(C(=O)NC2CCN(c3ccccc3)C2)CCOCC1. The lowest BCUT2D eigenvalue weighted by atomic mass is 9.90. The van der Waals surface area contributed by atoms with Gasteiger partial charge in [-0.2, -0.15) is 0 Å². The molecule has 23 heavy (non-hydrogen) atoms. The number of nitrogens with zero attached hydrogens (tertiary/aromatic N) is 1. The lowest BCUT2D eigenvalue weighted by Crippen LogP contribution is -2.59. The molecule has 2 saturated heterocycles. The van der Waals surface area contributed by atoms with Gasteiger partial charge in [-0.05, 0) is 31.4 Å². The second kappa shape index (κ2) is 8.73. The summed E-state index contributed by atoms with van der Waals surface area (Å²) >= 11 is 0. The van der Waals surface area contributed by atoms with Crippen LogP contribution in [0.3, 0.4) is 0 Å². The highest BCUT2D eigenvalue weighted by Crippen LogP contribution is 2.22. The second-order valence-corrected chi connectivity index (χ2v) is 6.01. The first-order valence-corrected chi connectivity index (χ1v) is 7.65. The number of rotatable bonds is 3. The average Bonchev–Trinajstić information content (AvgIpc) is 2.97. The Bertz CT molecular complexity index is 495. The van der Waals surface area contributed by atoms with E-state index in [-0.39, 0.29) is 36.8 Å². The number of carbonyl (C=O) groups excluding carboxylic acids is 1. The number of ether oxygens (including phenoxy) is 1. The van der Waals surface area contributed by atoms with E-state index in [1.807, 2.05) is 18.2 Å². The van der Waals surface area contributed by atoms with Crippen LogP contribution in [0.15, 0.2) is 30.3 Å². The van der Waals surface area contributed by atoms with Gasteiger partial charge in [0.2, 0.25) is 5.91 Å². The number of benzene rings is 1. The van der Waals surface area contributed by atoms with Gasteiger partial charge >= 0.3 is 0 Å². The zero-order chi connectivity index (χ0) is 14.7. The fraction of sp³-hybridized carbons (Fsp3) is 0.562. The van der Waals surface area contributed by atoms with E-state index in [1.165, 1.54) is 5.69 Å². The number of hydrogen-bond acceptors (Lipinski definition) is 4. The summed E-state index contributed by atoms with van der Waals surface area (Å²) in [5, 5.41) is 3.13. The van der Waals surface area contributed by atoms with Gasteiger partial charge in [-0.3, -0.25) is 4.79 Å². The number of nitrogens with two attached hydrogens (primary N) is 1. The molecular weight excluding hydrogens is 337 g/mol. The van der Waals surface area contributed by atoms with Gasteiger partial charge in [0.05, 0.1) is 5.54 Å². The lowest BCUT2D eigenvalue weighted by Gasteiger charge is -2.33. The maximum Gasteiger partial charge on any atom is 0.240 e. The van der Waals surface area contributed by atoms with Crippen LogP contribution in [0.4, 0.5) is 5.69 Å². The molecule has 0 radical (unpaired) electrons. The second-order valence-electron chi connectivity index (χ2n) is 6.01. The van der Waals surface area contributed by atoms with Gasteiger partial charge in [0.1, 0.15) is 0 Å². The minimum Gasteiger partial charge on any atom is -0.381 e. The summed E-state index contributed by atoms with van der Waals surface area (Å²) in [6, 6.07) is 10.5. The lowest BCUT2D eigenvalue weighted by molar-refractivity contribution is -0.130. The Morgan fingerprint density at radius 3 is 2.52 bits per heavy atom. The first-order valence-electron chi connectivity index (χ1n) is 7.65. The molecule has 2 aliphatic rings. The van der Waals surface area contributed by atoms with E-state index in [0.29, 0.717) is 26.1 Å². The van der Waals surface area contributed by atoms with Crippen molar-refractivity contribution in [1.29, 1.82) is 0 Å². The van der Waals surface area contributed by atoms with Crippen LogP contribution in [0.2, 0.25) is 0 Å². The maximum absolute atomic E-state index is 12.4. The molecule has 3 rings (SSSR count). The van der Waals surface area contributed by atoms with Crippen LogP contribution in [-0.2, 0) is 9.53 Å². The van der Waals surface area contributed by atoms with Crippen LogP contribution < -0.4 is 16.0 Å². The van der Waals surface area contributed by atoms with Gasteiger partial charge < -0.3 is 20.7 Å². The normalized spacial score (nSPS) is 22.7. The highest BCUT2D eigenvalue weighted by Gasteiger charge is 2.37. The number of hydrogen-bond donors (Lipinski definition) is 2. The van der Waals surface area contributed by atoms with Crippen molar-refractivity contribution in [3.05, 3.63) is 30.3 Å². The average molecular weight is 362 g/mol. The number of anilines is 1. The quantitative estimate of drug-likeness (QED) is 0.860. The molecule has 0 aliphatic carbocycles. The summed E-state index contributed by atoms with van der Waals surface area (Å²) in [4.78, 5) is 14.7. The van der Waals surface area contributed by atoms with E-state index in [1.54, 1.807) is 0 Å². The Labute approximate surface area is 149 Å². The molecule has 1 aromatic rings. The molecule has 0 saturated carbocycles. The van der Waals surface area contributed by atoms with E-state index in [4.69, 9.17) is 10.5 Å². The molecule has 1 unspecified atom stereocenters. The third kappa shape index (κ3) is 4.73. The Balaban J connectivity index is 0.00000132. The molecule has 3 N–H and O–H groups in total. The van der Waals surface area contributed by atoms with Crippen molar-refractivity contribution in [3.63, 3.8) is 0 Å². The summed E-state index contributed by atoms with van der Waals surface area (Å²) in [6.45, 7) is 2.97. The van der Waals surface area contributed by atoms with Gasteiger partial charge in [-0.1, -0.05) is 18.2 Å². The maximum atomic E-state index is 12.4. The van der Waals surface area contributed by atoms with Crippen molar-refractivity contribution in [2.45, 2.75) is 30.8 Å². The minimum atomic E-state index is -0.752. The van der Waals surface area contributed by atoms with E-state index in [2.05, 4.69) is 22.3 Å². The van der Waals surface area contributed by atoms with Crippen molar-refractivity contribution < 1.29 is 9.53 Å². The number of nitrogens with one attached hydrogen (secondary N) is 1. The molecule has 1 atom stereocenters. The van der Waals surface area contributed by atoms with Crippen LogP contribution >= 0.6 is 24.8 Å². The van der Waals surface area contributed by atoms with Gasteiger partial charge in [-0.25, -0.2) is 0 Å². The number of amides is 1. The first kappa shape index (κ1) is 20.0. The summed E-state index contributed by atoms with van der Waals surface area (Å²) < 4.78 is 5.29. The fourth-order valence-corrected chi connectivity index (χ4v) is 3.04. The smallest absolute Gasteiger partial charge is 0.240 e. The minimum absolute atomic E-state index is 0. The number of carbonyl (C=O) groups is 1. The van der Waals surface area contributed by atoms with Crippen LogP contribution in [0.1, 0.15) is 19.3 Å². The van der Waals surface area contributed by atoms with Crippen molar-refractivity contribution in [2.75, 3.05) is 31.2 Å². The Morgan fingerprint density at radius 2 is 1.87 bits per heavy atom. The van der Waals surface area contributed by atoms with Crippen LogP contribution in [-0.4, -0.2) is 43.8 Å². The molecular formula is C16H25Cl2N3O2. The van der Waals surface area contributed by atoms with Gasteiger partial charge in [0, 0.05) is 38.0 Å². The molecule has 0 spiro atoms.